The van der Waals surface area contributed by atoms with Crippen molar-refractivity contribution in [2.45, 2.75) is 45.4 Å². The molecule has 2 rings (SSSR count). The quantitative estimate of drug-likeness (QED) is 0.727. The Morgan fingerprint density at radius 3 is 3.00 bits per heavy atom. The molecule has 0 aromatic carbocycles. The number of ether oxygens (including phenoxy) is 1. The van der Waals surface area contributed by atoms with Crippen molar-refractivity contribution in [3.8, 4) is 0 Å². The van der Waals surface area contributed by atoms with E-state index in [-0.39, 0.29) is 12.1 Å². The van der Waals surface area contributed by atoms with Gasteiger partial charge in [-0.15, -0.1) is 5.10 Å². The van der Waals surface area contributed by atoms with E-state index in [2.05, 4.69) is 27.8 Å². The van der Waals surface area contributed by atoms with Crippen LogP contribution in [0.2, 0.25) is 0 Å². The fourth-order valence-corrected chi connectivity index (χ4v) is 1.84. The van der Waals surface area contributed by atoms with Gasteiger partial charge in [-0.05, 0) is 26.3 Å². The highest BCUT2D eigenvalue weighted by molar-refractivity contribution is 5.20. The smallest absolute Gasteiger partial charge is 0.315 e. The van der Waals surface area contributed by atoms with Gasteiger partial charge in [0.1, 0.15) is 0 Å². The maximum absolute atomic E-state index is 5.49. The molecule has 96 valence electrons. The molecule has 2 unspecified atom stereocenters. The predicted molar refractivity (Wildman–Crippen MR) is 63.7 cm³/mol. The summed E-state index contributed by atoms with van der Waals surface area (Å²) in [6.45, 7) is 6.54. The average molecular weight is 240 g/mol. The van der Waals surface area contributed by atoms with Crippen molar-refractivity contribution in [2.24, 2.45) is 0 Å². The third-order valence-corrected chi connectivity index (χ3v) is 2.85. The molecular formula is C11H20N4O2. The summed E-state index contributed by atoms with van der Waals surface area (Å²) in [6.07, 6.45) is 2.27. The highest BCUT2D eigenvalue weighted by atomic mass is 16.5. The average Bonchev–Trinajstić information content (AvgIpc) is 2.91. The molecule has 0 aliphatic carbocycles. The zero-order valence-electron chi connectivity index (χ0n) is 10.4. The fraction of sp³-hybridized carbons (Fsp3) is 0.818. The molecule has 0 radical (unpaired) electrons. The van der Waals surface area contributed by atoms with Crippen LogP contribution in [0.1, 0.15) is 32.6 Å². The molecule has 2 atom stereocenters. The largest absolute Gasteiger partial charge is 0.407 e. The minimum Gasteiger partial charge on any atom is -0.407 e. The number of anilines is 1. The predicted octanol–water partition coefficient (Wildman–Crippen LogP) is 1.16. The van der Waals surface area contributed by atoms with E-state index < -0.39 is 0 Å². The van der Waals surface area contributed by atoms with Crippen LogP contribution in [0.3, 0.4) is 0 Å². The molecule has 0 bridgehead atoms. The zero-order valence-corrected chi connectivity index (χ0v) is 10.4. The summed E-state index contributed by atoms with van der Waals surface area (Å²) in [7, 11) is 0. The maximum atomic E-state index is 5.49. The maximum Gasteiger partial charge on any atom is 0.315 e. The van der Waals surface area contributed by atoms with Crippen molar-refractivity contribution >= 4 is 6.01 Å². The van der Waals surface area contributed by atoms with Crippen LogP contribution in [0.4, 0.5) is 6.01 Å². The molecule has 1 aromatic rings. The molecular weight excluding hydrogens is 220 g/mol. The molecule has 6 nitrogen and oxygen atoms in total. The van der Waals surface area contributed by atoms with E-state index in [4.69, 9.17) is 9.15 Å². The lowest BCUT2D eigenvalue weighted by molar-refractivity contribution is 0.121. The van der Waals surface area contributed by atoms with Crippen LogP contribution in [-0.4, -0.2) is 35.5 Å². The summed E-state index contributed by atoms with van der Waals surface area (Å²) < 4.78 is 10.9. The van der Waals surface area contributed by atoms with Crippen molar-refractivity contribution in [2.75, 3.05) is 18.5 Å². The van der Waals surface area contributed by atoms with Gasteiger partial charge in [-0.3, -0.25) is 0 Å². The van der Waals surface area contributed by atoms with Crippen LogP contribution in [0.5, 0.6) is 0 Å². The number of hydrogen-bond donors (Lipinski definition) is 2. The summed E-state index contributed by atoms with van der Waals surface area (Å²) in [5, 5.41) is 14.4. The molecule has 0 spiro atoms. The van der Waals surface area contributed by atoms with E-state index in [0.717, 1.165) is 26.0 Å². The minimum absolute atomic E-state index is 0.198. The van der Waals surface area contributed by atoms with Crippen LogP contribution in [0.25, 0.3) is 0 Å². The van der Waals surface area contributed by atoms with Crippen LogP contribution in [0, 0.1) is 0 Å². The van der Waals surface area contributed by atoms with Gasteiger partial charge in [-0.1, -0.05) is 12.0 Å². The first-order valence-electron chi connectivity index (χ1n) is 6.21. The Morgan fingerprint density at radius 2 is 2.29 bits per heavy atom. The normalized spacial score (nSPS) is 24.1. The minimum atomic E-state index is 0.198. The number of aromatic nitrogens is 2. The third-order valence-electron chi connectivity index (χ3n) is 2.85. The Morgan fingerprint density at radius 1 is 1.41 bits per heavy atom. The van der Waals surface area contributed by atoms with Crippen molar-refractivity contribution in [1.29, 1.82) is 0 Å². The summed E-state index contributed by atoms with van der Waals surface area (Å²) in [5.74, 6) is 0.618. The first-order valence-corrected chi connectivity index (χ1v) is 6.21. The fourth-order valence-electron chi connectivity index (χ4n) is 1.84. The second-order valence-corrected chi connectivity index (χ2v) is 4.29. The van der Waals surface area contributed by atoms with E-state index in [1.165, 1.54) is 0 Å². The number of rotatable bonds is 6. The summed E-state index contributed by atoms with van der Waals surface area (Å²) in [5.41, 5.74) is 0. The lowest BCUT2D eigenvalue weighted by atomic mass is 10.2. The molecule has 2 N–H and O–H groups in total. The summed E-state index contributed by atoms with van der Waals surface area (Å²) in [6, 6.07) is 0.757. The van der Waals surface area contributed by atoms with E-state index in [0.29, 0.717) is 18.5 Å². The van der Waals surface area contributed by atoms with Crippen LogP contribution < -0.4 is 10.6 Å². The van der Waals surface area contributed by atoms with Gasteiger partial charge in [0.15, 0.2) is 0 Å². The van der Waals surface area contributed by atoms with Crippen LogP contribution >= 0.6 is 0 Å². The van der Waals surface area contributed by atoms with Gasteiger partial charge in [-0.25, -0.2) is 0 Å². The second kappa shape index (κ2) is 5.97. The molecule has 17 heavy (non-hydrogen) atoms. The van der Waals surface area contributed by atoms with Crippen molar-refractivity contribution in [1.82, 2.24) is 15.5 Å². The molecule has 1 aromatic heterocycles. The van der Waals surface area contributed by atoms with Crippen LogP contribution in [-0.2, 0) is 11.3 Å². The number of hydrogen-bond acceptors (Lipinski definition) is 6. The topological polar surface area (TPSA) is 72.2 Å². The highest BCUT2D eigenvalue weighted by Gasteiger charge is 2.25. The Hall–Kier alpha value is -1.14. The van der Waals surface area contributed by atoms with Crippen molar-refractivity contribution in [3.05, 3.63) is 5.89 Å². The first kappa shape index (κ1) is 12.3. The van der Waals surface area contributed by atoms with Gasteiger partial charge in [0.2, 0.25) is 5.89 Å². The first-order chi connectivity index (χ1) is 8.29. The molecule has 1 saturated heterocycles. The monoisotopic (exact) mass is 240 g/mol. The molecule has 6 heteroatoms. The van der Waals surface area contributed by atoms with Gasteiger partial charge in [0, 0.05) is 6.61 Å². The number of nitrogens with zero attached hydrogens (tertiary/aromatic N) is 2. The lowest BCUT2D eigenvalue weighted by Crippen LogP contribution is -2.26. The van der Waals surface area contributed by atoms with Gasteiger partial charge in [-0.2, -0.15) is 0 Å². The van der Waals surface area contributed by atoms with Crippen molar-refractivity contribution in [3.63, 3.8) is 0 Å². The Labute approximate surface area is 101 Å². The highest BCUT2D eigenvalue weighted by Crippen LogP contribution is 2.17. The SMILES string of the molecule is CCCNCc1nnc(NC2CCOC2C)o1. The molecule has 0 amide bonds. The van der Waals surface area contributed by atoms with E-state index >= 15 is 0 Å². The Bertz CT molecular complexity index is 342. The van der Waals surface area contributed by atoms with Gasteiger partial charge in [0.25, 0.3) is 0 Å². The van der Waals surface area contributed by atoms with Gasteiger partial charge in [0.05, 0.1) is 18.7 Å². The lowest BCUT2D eigenvalue weighted by Gasteiger charge is -2.13. The van der Waals surface area contributed by atoms with E-state index in [1.54, 1.807) is 0 Å². The second-order valence-electron chi connectivity index (χ2n) is 4.29. The summed E-state index contributed by atoms with van der Waals surface area (Å²) >= 11 is 0. The summed E-state index contributed by atoms with van der Waals surface area (Å²) in [4.78, 5) is 0. The van der Waals surface area contributed by atoms with Crippen molar-refractivity contribution < 1.29 is 9.15 Å². The zero-order chi connectivity index (χ0) is 12.1. The Kier molecular flexibility index (Phi) is 4.33. The van der Waals surface area contributed by atoms with E-state index in [1.807, 2.05) is 6.92 Å². The molecule has 2 heterocycles. The molecule has 1 aliphatic rings. The van der Waals surface area contributed by atoms with Gasteiger partial charge >= 0.3 is 6.01 Å². The van der Waals surface area contributed by atoms with Crippen LogP contribution in [0.15, 0.2) is 4.42 Å². The standard InChI is InChI=1S/C11H20N4O2/c1-3-5-12-7-10-14-15-11(17-10)13-9-4-6-16-8(9)2/h8-9,12H,3-7H2,1-2H3,(H,13,15). The third kappa shape index (κ3) is 3.41. The van der Waals surface area contributed by atoms with Gasteiger partial charge < -0.3 is 19.8 Å². The molecule has 1 aliphatic heterocycles. The molecule has 0 saturated carbocycles. The number of nitrogens with one attached hydrogen (secondary N) is 2. The molecule has 1 fully saturated rings. The Balaban J connectivity index is 1.81. The van der Waals surface area contributed by atoms with E-state index in [9.17, 15) is 0 Å².